The molecule has 0 saturated carbocycles. The number of carbonyl (C=O) groups is 1. The van der Waals surface area contributed by atoms with Crippen molar-refractivity contribution in [2.75, 3.05) is 5.32 Å². The van der Waals surface area contributed by atoms with E-state index in [1.165, 1.54) is 30.6 Å². The number of amides is 1. The van der Waals surface area contributed by atoms with Gasteiger partial charge in [0.2, 0.25) is 0 Å². The summed E-state index contributed by atoms with van der Waals surface area (Å²) < 4.78 is 4.77. The number of rotatable bonds is 3. The van der Waals surface area contributed by atoms with Crippen molar-refractivity contribution in [1.82, 2.24) is 9.97 Å². The number of nitrogens with zero attached hydrogens (tertiary/aromatic N) is 2. The Kier molecular flexibility index (Phi) is 3.14. The lowest BCUT2D eigenvalue weighted by molar-refractivity contribution is -0.383. The number of anilines is 1. The summed E-state index contributed by atoms with van der Waals surface area (Å²) in [6, 6.07) is 5.30. The Morgan fingerprint density at radius 1 is 1.32 bits per heavy atom. The SMILES string of the molecule is O=C(Nc1cc2[nH]c(=O)oc2cc1[N+](=O)[O-])c1ccncc1. The largest absolute Gasteiger partial charge is 0.417 e. The molecule has 0 radical (unpaired) electrons. The van der Waals surface area contributed by atoms with Gasteiger partial charge in [0.15, 0.2) is 5.58 Å². The lowest BCUT2D eigenvalue weighted by Crippen LogP contribution is -2.13. The van der Waals surface area contributed by atoms with E-state index in [0.29, 0.717) is 5.56 Å². The highest BCUT2D eigenvalue weighted by Gasteiger charge is 2.20. The van der Waals surface area contributed by atoms with E-state index in [-0.39, 0.29) is 22.5 Å². The van der Waals surface area contributed by atoms with Gasteiger partial charge in [-0.2, -0.15) is 0 Å². The molecule has 0 atom stereocenters. The monoisotopic (exact) mass is 300 g/mol. The maximum absolute atomic E-state index is 12.1. The maximum Gasteiger partial charge on any atom is 0.417 e. The predicted octanol–water partition coefficient (Wildman–Crippen LogP) is 1.68. The molecular weight excluding hydrogens is 292 g/mol. The van der Waals surface area contributed by atoms with Gasteiger partial charge in [-0.15, -0.1) is 0 Å². The third-order valence-electron chi connectivity index (χ3n) is 2.92. The number of carbonyl (C=O) groups excluding carboxylic acids is 1. The van der Waals surface area contributed by atoms with Crippen molar-refractivity contribution in [1.29, 1.82) is 0 Å². The molecule has 110 valence electrons. The molecule has 22 heavy (non-hydrogen) atoms. The van der Waals surface area contributed by atoms with Gasteiger partial charge in [0.1, 0.15) is 5.69 Å². The first-order valence-corrected chi connectivity index (χ1v) is 6.07. The number of hydrogen-bond donors (Lipinski definition) is 2. The zero-order chi connectivity index (χ0) is 15.7. The van der Waals surface area contributed by atoms with Crippen molar-refractivity contribution in [3.63, 3.8) is 0 Å². The number of oxazole rings is 1. The van der Waals surface area contributed by atoms with Crippen LogP contribution in [0.1, 0.15) is 10.4 Å². The molecular formula is C13H8N4O5. The van der Waals surface area contributed by atoms with Crippen LogP contribution in [0.3, 0.4) is 0 Å². The summed E-state index contributed by atoms with van der Waals surface area (Å²) in [6.07, 6.45) is 2.86. The molecule has 0 bridgehead atoms. The number of nitro groups is 1. The zero-order valence-electron chi connectivity index (χ0n) is 10.9. The van der Waals surface area contributed by atoms with E-state index >= 15 is 0 Å². The minimum absolute atomic E-state index is 0.0404. The number of aromatic amines is 1. The van der Waals surface area contributed by atoms with Gasteiger partial charge in [0.25, 0.3) is 11.6 Å². The van der Waals surface area contributed by atoms with Crippen LogP contribution in [-0.2, 0) is 0 Å². The van der Waals surface area contributed by atoms with Crippen molar-refractivity contribution in [2.24, 2.45) is 0 Å². The Hall–Kier alpha value is -3.49. The van der Waals surface area contributed by atoms with E-state index in [1.54, 1.807) is 0 Å². The van der Waals surface area contributed by atoms with Crippen molar-refractivity contribution in [3.05, 3.63) is 62.9 Å². The lowest BCUT2D eigenvalue weighted by Gasteiger charge is -2.05. The van der Waals surface area contributed by atoms with Crippen LogP contribution < -0.4 is 11.1 Å². The number of nitrogens with one attached hydrogen (secondary N) is 2. The summed E-state index contributed by atoms with van der Waals surface area (Å²) in [7, 11) is 0. The number of benzene rings is 1. The molecule has 2 heterocycles. The molecule has 3 rings (SSSR count). The number of nitro benzene ring substituents is 1. The summed E-state index contributed by atoms with van der Waals surface area (Å²) >= 11 is 0. The number of hydrogen-bond acceptors (Lipinski definition) is 6. The van der Waals surface area contributed by atoms with Crippen LogP contribution in [0.25, 0.3) is 11.1 Å². The molecule has 0 spiro atoms. The van der Waals surface area contributed by atoms with Crippen molar-refractivity contribution >= 4 is 28.4 Å². The molecule has 0 saturated heterocycles. The van der Waals surface area contributed by atoms with Crippen LogP contribution in [-0.4, -0.2) is 20.8 Å². The Morgan fingerprint density at radius 3 is 2.73 bits per heavy atom. The van der Waals surface area contributed by atoms with Gasteiger partial charge in [0.05, 0.1) is 16.5 Å². The fraction of sp³-hybridized carbons (Fsp3) is 0. The van der Waals surface area contributed by atoms with Gasteiger partial charge < -0.3 is 9.73 Å². The molecule has 1 amide bonds. The number of fused-ring (bicyclic) bond motifs is 1. The molecule has 1 aromatic carbocycles. The van der Waals surface area contributed by atoms with E-state index in [2.05, 4.69) is 15.3 Å². The summed E-state index contributed by atoms with van der Waals surface area (Å²) in [6.45, 7) is 0. The van der Waals surface area contributed by atoms with E-state index in [4.69, 9.17) is 4.42 Å². The van der Waals surface area contributed by atoms with E-state index in [0.717, 1.165) is 6.07 Å². The quantitative estimate of drug-likeness (QED) is 0.558. The van der Waals surface area contributed by atoms with Crippen LogP contribution >= 0.6 is 0 Å². The highest BCUT2D eigenvalue weighted by atomic mass is 16.6. The maximum atomic E-state index is 12.1. The average molecular weight is 300 g/mol. The molecule has 2 aromatic heterocycles. The molecule has 0 aliphatic rings. The molecule has 9 nitrogen and oxygen atoms in total. The van der Waals surface area contributed by atoms with E-state index < -0.39 is 16.6 Å². The highest BCUT2D eigenvalue weighted by Crippen LogP contribution is 2.29. The second-order valence-corrected chi connectivity index (χ2v) is 4.33. The summed E-state index contributed by atoms with van der Waals surface area (Å²) in [5, 5.41) is 13.5. The summed E-state index contributed by atoms with van der Waals surface area (Å²) in [4.78, 5) is 39.8. The zero-order valence-corrected chi connectivity index (χ0v) is 10.9. The van der Waals surface area contributed by atoms with E-state index in [1.807, 2.05) is 0 Å². The molecule has 2 N–H and O–H groups in total. The van der Waals surface area contributed by atoms with Gasteiger partial charge in [-0.1, -0.05) is 0 Å². The Labute approximate surface area is 121 Å². The Morgan fingerprint density at radius 2 is 2.05 bits per heavy atom. The first kappa shape index (κ1) is 13.5. The third kappa shape index (κ3) is 2.42. The molecule has 0 aliphatic carbocycles. The number of H-pyrrole nitrogens is 1. The number of aromatic nitrogens is 2. The lowest BCUT2D eigenvalue weighted by atomic mass is 10.2. The Balaban J connectivity index is 2.05. The fourth-order valence-corrected chi connectivity index (χ4v) is 1.94. The predicted molar refractivity (Wildman–Crippen MR) is 75.7 cm³/mol. The van der Waals surface area contributed by atoms with Gasteiger partial charge in [0, 0.05) is 18.0 Å². The van der Waals surface area contributed by atoms with Crippen molar-refractivity contribution < 1.29 is 14.1 Å². The molecule has 9 heteroatoms. The third-order valence-corrected chi connectivity index (χ3v) is 2.92. The van der Waals surface area contributed by atoms with Gasteiger partial charge in [-0.05, 0) is 18.2 Å². The second-order valence-electron chi connectivity index (χ2n) is 4.33. The van der Waals surface area contributed by atoms with Gasteiger partial charge >= 0.3 is 5.76 Å². The fourth-order valence-electron chi connectivity index (χ4n) is 1.94. The van der Waals surface area contributed by atoms with Crippen LogP contribution in [0.15, 0.2) is 45.9 Å². The van der Waals surface area contributed by atoms with Gasteiger partial charge in [-0.25, -0.2) is 4.79 Å². The topological polar surface area (TPSA) is 131 Å². The Bertz CT molecular complexity index is 929. The first-order valence-electron chi connectivity index (χ1n) is 6.07. The molecule has 0 fully saturated rings. The van der Waals surface area contributed by atoms with Crippen LogP contribution in [0.5, 0.6) is 0 Å². The first-order chi connectivity index (χ1) is 10.5. The number of pyridine rings is 1. The minimum Gasteiger partial charge on any atom is -0.408 e. The van der Waals surface area contributed by atoms with E-state index in [9.17, 15) is 19.7 Å². The smallest absolute Gasteiger partial charge is 0.408 e. The van der Waals surface area contributed by atoms with Crippen molar-refractivity contribution in [2.45, 2.75) is 0 Å². The average Bonchev–Trinajstić information content (AvgIpc) is 2.86. The normalized spacial score (nSPS) is 10.5. The second kappa shape index (κ2) is 5.13. The standard InChI is InChI=1S/C13H8N4O5/c18-12(7-1-3-14-4-2-7)15-8-5-9-11(22-13(19)16-9)6-10(8)17(20)21/h1-6H,(H,15,18)(H,16,19). The van der Waals surface area contributed by atoms with Crippen LogP contribution in [0, 0.1) is 10.1 Å². The van der Waals surface area contributed by atoms with Crippen LogP contribution in [0.2, 0.25) is 0 Å². The van der Waals surface area contributed by atoms with Gasteiger partial charge in [-0.3, -0.25) is 24.9 Å². The van der Waals surface area contributed by atoms with Crippen LogP contribution in [0.4, 0.5) is 11.4 Å². The molecule has 0 aliphatic heterocycles. The molecule has 0 unspecified atom stereocenters. The summed E-state index contributed by atoms with van der Waals surface area (Å²) in [5.41, 5.74) is 0.165. The molecule has 3 aromatic rings. The summed E-state index contributed by atoms with van der Waals surface area (Å²) in [5.74, 6) is -1.27. The highest BCUT2D eigenvalue weighted by molar-refractivity contribution is 6.06. The van der Waals surface area contributed by atoms with Crippen molar-refractivity contribution in [3.8, 4) is 0 Å². The minimum atomic E-state index is -0.734.